The average molecular weight is 239 g/mol. The third-order valence-corrected chi connectivity index (χ3v) is 2.41. The fourth-order valence-corrected chi connectivity index (χ4v) is 1.43. The minimum atomic E-state index is -0.538. The molecule has 5 heteroatoms. The number of carbonyl (C=O) groups is 1. The summed E-state index contributed by atoms with van der Waals surface area (Å²) in [6.45, 7) is 4.71. The van der Waals surface area contributed by atoms with E-state index in [1.807, 2.05) is 0 Å². The molecule has 0 aliphatic heterocycles. The zero-order valence-corrected chi connectivity index (χ0v) is 10.1. The fraction of sp³-hybridized carbons (Fsp3) is 0.417. The summed E-state index contributed by atoms with van der Waals surface area (Å²) in [5, 5.41) is 2.73. The number of rotatable bonds is 5. The van der Waals surface area contributed by atoms with E-state index in [4.69, 9.17) is 5.84 Å². The van der Waals surface area contributed by atoms with Gasteiger partial charge in [-0.3, -0.25) is 10.6 Å². The number of nitrogen functional groups attached to an aromatic ring is 1. The van der Waals surface area contributed by atoms with Crippen LogP contribution in [0.2, 0.25) is 0 Å². The van der Waals surface area contributed by atoms with E-state index in [-0.39, 0.29) is 17.2 Å². The first-order valence-corrected chi connectivity index (χ1v) is 5.59. The molecule has 1 aromatic carbocycles. The summed E-state index contributed by atoms with van der Waals surface area (Å²) in [4.78, 5) is 11.8. The Bertz CT molecular complexity index is 393. The van der Waals surface area contributed by atoms with E-state index in [1.54, 1.807) is 0 Å². The first-order valence-electron chi connectivity index (χ1n) is 5.59. The van der Waals surface area contributed by atoms with E-state index >= 15 is 0 Å². The van der Waals surface area contributed by atoms with E-state index < -0.39 is 5.82 Å². The van der Waals surface area contributed by atoms with Crippen molar-refractivity contribution in [3.63, 3.8) is 0 Å². The molecule has 0 fully saturated rings. The Kier molecular flexibility index (Phi) is 4.90. The highest BCUT2D eigenvalue weighted by molar-refractivity contribution is 5.99. The number of nitrogens with one attached hydrogen (secondary N) is 2. The van der Waals surface area contributed by atoms with Crippen LogP contribution in [0.25, 0.3) is 0 Å². The van der Waals surface area contributed by atoms with Crippen LogP contribution in [0.4, 0.5) is 10.1 Å². The lowest BCUT2D eigenvalue weighted by atomic mass is 10.1. The van der Waals surface area contributed by atoms with Crippen LogP contribution in [0.5, 0.6) is 0 Å². The van der Waals surface area contributed by atoms with Crippen molar-refractivity contribution in [1.82, 2.24) is 5.32 Å². The number of halogens is 1. The van der Waals surface area contributed by atoms with Gasteiger partial charge in [0.05, 0.1) is 11.3 Å². The van der Waals surface area contributed by atoms with E-state index in [2.05, 4.69) is 24.6 Å². The lowest BCUT2D eigenvalue weighted by molar-refractivity contribution is 0.0952. The lowest BCUT2D eigenvalue weighted by Crippen LogP contribution is -2.27. The molecule has 0 heterocycles. The van der Waals surface area contributed by atoms with Crippen molar-refractivity contribution >= 4 is 11.6 Å². The predicted octanol–water partition coefficient (Wildman–Crippen LogP) is 1.89. The van der Waals surface area contributed by atoms with Crippen LogP contribution >= 0.6 is 0 Å². The minimum Gasteiger partial charge on any atom is -0.352 e. The van der Waals surface area contributed by atoms with Crippen molar-refractivity contribution in [3.05, 3.63) is 29.6 Å². The van der Waals surface area contributed by atoms with E-state index in [0.717, 1.165) is 6.42 Å². The van der Waals surface area contributed by atoms with Gasteiger partial charge in [-0.05, 0) is 24.5 Å². The molecule has 0 saturated carbocycles. The molecule has 0 bridgehead atoms. The smallest absolute Gasteiger partial charge is 0.253 e. The predicted molar refractivity (Wildman–Crippen MR) is 66.0 cm³/mol. The van der Waals surface area contributed by atoms with Gasteiger partial charge in [-0.1, -0.05) is 19.9 Å². The number of hydrogen-bond acceptors (Lipinski definition) is 3. The molecule has 1 rings (SSSR count). The summed E-state index contributed by atoms with van der Waals surface area (Å²) in [6, 6.07) is 4.26. The Balaban J connectivity index is 2.72. The summed E-state index contributed by atoms with van der Waals surface area (Å²) < 4.78 is 13.3. The van der Waals surface area contributed by atoms with Crippen LogP contribution < -0.4 is 16.6 Å². The first-order chi connectivity index (χ1) is 8.06. The first kappa shape index (κ1) is 13.4. The molecule has 0 saturated heterocycles. The Morgan fingerprint density at radius 1 is 1.47 bits per heavy atom. The molecule has 0 aliphatic rings. The van der Waals surface area contributed by atoms with E-state index in [9.17, 15) is 9.18 Å². The number of anilines is 1. The quantitative estimate of drug-likeness (QED) is 0.543. The summed E-state index contributed by atoms with van der Waals surface area (Å²) in [6.07, 6.45) is 0.881. The van der Waals surface area contributed by atoms with Gasteiger partial charge in [-0.25, -0.2) is 4.39 Å². The van der Waals surface area contributed by atoms with Gasteiger partial charge in [-0.15, -0.1) is 0 Å². The SMILES string of the molecule is CC(C)CCNC(=O)c1cccc(F)c1NN. The molecule has 17 heavy (non-hydrogen) atoms. The lowest BCUT2D eigenvalue weighted by Gasteiger charge is -2.11. The maximum atomic E-state index is 13.3. The molecule has 0 unspecified atom stereocenters. The van der Waals surface area contributed by atoms with Crippen molar-refractivity contribution in [2.45, 2.75) is 20.3 Å². The van der Waals surface area contributed by atoms with Crippen molar-refractivity contribution in [2.24, 2.45) is 11.8 Å². The van der Waals surface area contributed by atoms with E-state index in [1.165, 1.54) is 18.2 Å². The van der Waals surface area contributed by atoms with Gasteiger partial charge < -0.3 is 10.7 Å². The Hall–Kier alpha value is -1.62. The second kappa shape index (κ2) is 6.20. The minimum absolute atomic E-state index is 0.0227. The fourth-order valence-electron chi connectivity index (χ4n) is 1.43. The van der Waals surface area contributed by atoms with Crippen LogP contribution in [0, 0.1) is 11.7 Å². The maximum Gasteiger partial charge on any atom is 0.253 e. The van der Waals surface area contributed by atoms with Crippen molar-refractivity contribution in [3.8, 4) is 0 Å². The molecular weight excluding hydrogens is 221 g/mol. The molecule has 0 atom stereocenters. The maximum absolute atomic E-state index is 13.3. The Labute approximate surface area is 100 Å². The monoisotopic (exact) mass is 239 g/mol. The van der Waals surface area contributed by atoms with Crippen molar-refractivity contribution in [1.29, 1.82) is 0 Å². The number of amides is 1. The molecule has 0 aliphatic carbocycles. The number of para-hydroxylation sites is 1. The molecule has 0 spiro atoms. The van der Waals surface area contributed by atoms with E-state index in [0.29, 0.717) is 12.5 Å². The molecule has 94 valence electrons. The number of hydrogen-bond donors (Lipinski definition) is 3. The highest BCUT2D eigenvalue weighted by Crippen LogP contribution is 2.18. The largest absolute Gasteiger partial charge is 0.352 e. The summed E-state index contributed by atoms with van der Waals surface area (Å²) >= 11 is 0. The molecule has 0 aromatic heterocycles. The van der Waals surface area contributed by atoms with Gasteiger partial charge in [0.2, 0.25) is 0 Å². The van der Waals surface area contributed by atoms with Crippen LogP contribution in [0.15, 0.2) is 18.2 Å². The second-order valence-electron chi connectivity index (χ2n) is 4.25. The topological polar surface area (TPSA) is 67.2 Å². The second-order valence-corrected chi connectivity index (χ2v) is 4.25. The van der Waals surface area contributed by atoms with Crippen LogP contribution in [-0.4, -0.2) is 12.5 Å². The standard InChI is InChI=1S/C12H18FN3O/c1-8(2)6-7-15-12(17)9-4-3-5-10(13)11(9)16-14/h3-5,8,16H,6-7,14H2,1-2H3,(H,15,17). The Morgan fingerprint density at radius 2 is 2.18 bits per heavy atom. The number of carbonyl (C=O) groups excluding carboxylic acids is 1. The third kappa shape index (κ3) is 3.71. The summed E-state index contributed by atoms with van der Waals surface area (Å²) in [7, 11) is 0. The number of benzene rings is 1. The van der Waals surface area contributed by atoms with Gasteiger partial charge in [0.15, 0.2) is 0 Å². The van der Waals surface area contributed by atoms with Crippen LogP contribution in [0.3, 0.4) is 0 Å². The van der Waals surface area contributed by atoms with Crippen LogP contribution in [0.1, 0.15) is 30.6 Å². The molecular formula is C12H18FN3O. The summed E-state index contributed by atoms with van der Waals surface area (Å²) in [5.74, 6) is 4.85. The van der Waals surface area contributed by atoms with Crippen molar-refractivity contribution < 1.29 is 9.18 Å². The summed E-state index contributed by atoms with van der Waals surface area (Å²) in [5.41, 5.74) is 2.45. The van der Waals surface area contributed by atoms with Gasteiger partial charge >= 0.3 is 0 Å². The third-order valence-electron chi connectivity index (χ3n) is 2.41. The zero-order chi connectivity index (χ0) is 12.8. The normalized spacial score (nSPS) is 10.4. The highest BCUT2D eigenvalue weighted by atomic mass is 19.1. The van der Waals surface area contributed by atoms with Gasteiger partial charge in [0.25, 0.3) is 5.91 Å². The molecule has 1 aromatic rings. The van der Waals surface area contributed by atoms with Crippen LogP contribution in [-0.2, 0) is 0 Å². The Morgan fingerprint density at radius 3 is 2.76 bits per heavy atom. The molecule has 0 radical (unpaired) electrons. The zero-order valence-electron chi connectivity index (χ0n) is 10.1. The van der Waals surface area contributed by atoms with Gasteiger partial charge in [0.1, 0.15) is 5.82 Å². The highest BCUT2D eigenvalue weighted by Gasteiger charge is 2.13. The van der Waals surface area contributed by atoms with Gasteiger partial charge in [0, 0.05) is 6.54 Å². The number of hydrazine groups is 1. The number of nitrogens with two attached hydrogens (primary N) is 1. The molecule has 1 amide bonds. The molecule has 4 N–H and O–H groups in total. The van der Waals surface area contributed by atoms with Gasteiger partial charge in [-0.2, -0.15) is 0 Å². The average Bonchev–Trinajstić information content (AvgIpc) is 2.28. The molecule has 4 nitrogen and oxygen atoms in total. The van der Waals surface area contributed by atoms with Crippen molar-refractivity contribution in [2.75, 3.05) is 12.0 Å².